The molecule has 6 nitrogen and oxygen atoms in total. The Kier molecular flexibility index (Phi) is 4.90. The number of hydrogen-bond donors (Lipinski definition) is 0. The van der Waals surface area contributed by atoms with Gasteiger partial charge >= 0.3 is 5.97 Å². The van der Waals surface area contributed by atoms with E-state index in [1.54, 1.807) is 0 Å². The van der Waals surface area contributed by atoms with Crippen molar-refractivity contribution in [2.45, 2.75) is 39.7 Å². The molecule has 0 aromatic carbocycles. The van der Waals surface area contributed by atoms with Gasteiger partial charge in [-0.1, -0.05) is 12.1 Å². The van der Waals surface area contributed by atoms with Gasteiger partial charge in [0.15, 0.2) is 5.82 Å². The van der Waals surface area contributed by atoms with Crippen LogP contribution in [0.15, 0.2) is 4.52 Å². The van der Waals surface area contributed by atoms with Gasteiger partial charge in [-0.15, -0.1) is 0 Å². The summed E-state index contributed by atoms with van der Waals surface area (Å²) in [7, 11) is 0. The van der Waals surface area contributed by atoms with E-state index in [9.17, 15) is 4.79 Å². The van der Waals surface area contributed by atoms with Crippen LogP contribution in [0.4, 0.5) is 0 Å². The molecule has 0 aliphatic carbocycles. The molecular weight excluding hydrogens is 246 g/mol. The monoisotopic (exact) mass is 267 g/mol. The van der Waals surface area contributed by atoms with E-state index in [0.717, 1.165) is 31.6 Å². The third-order valence-electron chi connectivity index (χ3n) is 3.31. The number of carbonyl (C=O) groups excluding carboxylic acids is 1. The SMILES string of the molecule is CCOC(=O)[C@@H]1CCCN(Cc2nc(CC)no2)C1. The van der Waals surface area contributed by atoms with Crippen LogP contribution in [-0.4, -0.2) is 40.7 Å². The predicted molar refractivity (Wildman–Crippen MR) is 68.3 cm³/mol. The van der Waals surface area contributed by atoms with Gasteiger partial charge in [0.1, 0.15) is 0 Å². The van der Waals surface area contributed by atoms with Crippen molar-refractivity contribution in [2.75, 3.05) is 19.7 Å². The molecule has 1 fully saturated rings. The van der Waals surface area contributed by atoms with E-state index in [1.165, 1.54) is 0 Å². The van der Waals surface area contributed by atoms with Crippen molar-refractivity contribution in [1.82, 2.24) is 15.0 Å². The molecule has 1 atom stereocenters. The topological polar surface area (TPSA) is 68.5 Å². The van der Waals surface area contributed by atoms with Crippen LogP contribution in [0.5, 0.6) is 0 Å². The number of likely N-dealkylation sites (tertiary alicyclic amines) is 1. The Hall–Kier alpha value is -1.43. The summed E-state index contributed by atoms with van der Waals surface area (Å²) in [5.74, 6) is 1.24. The van der Waals surface area contributed by atoms with Crippen molar-refractivity contribution >= 4 is 5.97 Å². The van der Waals surface area contributed by atoms with Gasteiger partial charge in [-0.2, -0.15) is 4.98 Å². The maximum Gasteiger partial charge on any atom is 0.310 e. The molecular formula is C13H21N3O3. The molecule has 0 radical (unpaired) electrons. The van der Waals surface area contributed by atoms with Gasteiger partial charge in [0.05, 0.1) is 19.1 Å². The maximum atomic E-state index is 11.7. The lowest BCUT2D eigenvalue weighted by molar-refractivity contribution is -0.150. The Bertz CT molecular complexity index is 419. The van der Waals surface area contributed by atoms with Crippen LogP contribution in [0.2, 0.25) is 0 Å². The molecule has 0 N–H and O–H groups in total. The van der Waals surface area contributed by atoms with Crippen LogP contribution in [-0.2, 0) is 22.5 Å². The zero-order chi connectivity index (χ0) is 13.7. The molecule has 19 heavy (non-hydrogen) atoms. The average molecular weight is 267 g/mol. The number of aromatic nitrogens is 2. The summed E-state index contributed by atoms with van der Waals surface area (Å²) in [6, 6.07) is 0. The molecule has 1 aromatic rings. The second-order valence-corrected chi connectivity index (χ2v) is 4.78. The smallest absolute Gasteiger partial charge is 0.310 e. The molecule has 2 heterocycles. The molecule has 1 aliphatic rings. The van der Waals surface area contributed by atoms with Gasteiger partial charge in [-0.3, -0.25) is 9.69 Å². The molecule has 1 saturated heterocycles. The number of hydrogen-bond acceptors (Lipinski definition) is 6. The van der Waals surface area contributed by atoms with Gasteiger partial charge < -0.3 is 9.26 Å². The lowest BCUT2D eigenvalue weighted by Gasteiger charge is -2.30. The van der Waals surface area contributed by atoms with E-state index in [-0.39, 0.29) is 11.9 Å². The Balaban J connectivity index is 1.88. The van der Waals surface area contributed by atoms with Crippen molar-refractivity contribution in [3.63, 3.8) is 0 Å². The molecule has 1 aromatic heterocycles. The summed E-state index contributed by atoms with van der Waals surface area (Å²) < 4.78 is 10.3. The zero-order valence-electron chi connectivity index (χ0n) is 11.6. The third-order valence-corrected chi connectivity index (χ3v) is 3.31. The highest BCUT2D eigenvalue weighted by Gasteiger charge is 2.27. The first-order valence-electron chi connectivity index (χ1n) is 6.93. The van der Waals surface area contributed by atoms with E-state index in [0.29, 0.717) is 25.6 Å². The fourth-order valence-electron chi connectivity index (χ4n) is 2.34. The maximum absolute atomic E-state index is 11.7. The molecule has 106 valence electrons. The van der Waals surface area contributed by atoms with E-state index < -0.39 is 0 Å². The molecule has 0 unspecified atom stereocenters. The van der Waals surface area contributed by atoms with E-state index in [1.807, 2.05) is 13.8 Å². The lowest BCUT2D eigenvalue weighted by atomic mass is 9.98. The van der Waals surface area contributed by atoms with E-state index >= 15 is 0 Å². The minimum atomic E-state index is -0.0908. The molecule has 0 amide bonds. The van der Waals surface area contributed by atoms with Gasteiger partial charge in [-0.05, 0) is 26.3 Å². The van der Waals surface area contributed by atoms with E-state index in [2.05, 4.69) is 15.0 Å². The van der Waals surface area contributed by atoms with Crippen LogP contribution in [0.25, 0.3) is 0 Å². The third kappa shape index (κ3) is 3.76. The number of rotatable bonds is 5. The van der Waals surface area contributed by atoms with Crippen LogP contribution in [0, 0.1) is 5.92 Å². The van der Waals surface area contributed by atoms with Crippen LogP contribution >= 0.6 is 0 Å². The standard InChI is InChI=1S/C13H21N3O3/c1-3-11-14-12(19-15-11)9-16-7-5-6-10(8-16)13(17)18-4-2/h10H,3-9H2,1-2H3/t10-/m1/s1. The van der Waals surface area contributed by atoms with Crippen molar-refractivity contribution in [1.29, 1.82) is 0 Å². The number of aryl methyl sites for hydroxylation is 1. The van der Waals surface area contributed by atoms with Crippen molar-refractivity contribution in [3.05, 3.63) is 11.7 Å². The molecule has 2 rings (SSSR count). The van der Waals surface area contributed by atoms with Crippen LogP contribution < -0.4 is 0 Å². The molecule has 0 bridgehead atoms. The predicted octanol–water partition coefficient (Wildman–Crippen LogP) is 1.41. The Morgan fingerprint density at radius 3 is 3.05 bits per heavy atom. The summed E-state index contributed by atoms with van der Waals surface area (Å²) in [5.41, 5.74) is 0. The molecule has 0 spiro atoms. The van der Waals surface area contributed by atoms with Gasteiger partial charge in [-0.25, -0.2) is 0 Å². The summed E-state index contributed by atoms with van der Waals surface area (Å²) in [4.78, 5) is 18.2. The summed E-state index contributed by atoms with van der Waals surface area (Å²) in [5, 5.41) is 3.88. The lowest BCUT2D eigenvalue weighted by Crippen LogP contribution is -2.39. The Morgan fingerprint density at radius 1 is 1.53 bits per heavy atom. The van der Waals surface area contributed by atoms with Crippen molar-refractivity contribution in [3.8, 4) is 0 Å². The van der Waals surface area contributed by atoms with Crippen LogP contribution in [0.1, 0.15) is 38.4 Å². The molecule has 6 heteroatoms. The summed E-state index contributed by atoms with van der Waals surface area (Å²) in [6.45, 7) is 6.56. The van der Waals surface area contributed by atoms with Crippen LogP contribution in [0.3, 0.4) is 0 Å². The number of esters is 1. The first-order chi connectivity index (χ1) is 9.22. The normalized spacial score (nSPS) is 20.4. The Morgan fingerprint density at radius 2 is 2.37 bits per heavy atom. The van der Waals surface area contributed by atoms with E-state index in [4.69, 9.17) is 9.26 Å². The number of nitrogens with zero attached hydrogens (tertiary/aromatic N) is 3. The first-order valence-corrected chi connectivity index (χ1v) is 6.93. The highest BCUT2D eigenvalue weighted by atomic mass is 16.5. The minimum Gasteiger partial charge on any atom is -0.466 e. The summed E-state index contributed by atoms with van der Waals surface area (Å²) in [6.07, 6.45) is 2.67. The second kappa shape index (κ2) is 6.65. The highest BCUT2D eigenvalue weighted by molar-refractivity contribution is 5.72. The average Bonchev–Trinajstić information content (AvgIpc) is 2.87. The Labute approximate surface area is 113 Å². The zero-order valence-corrected chi connectivity index (χ0v) is 11.6. The van der Waals surface area contributed by atoms with Crippen molar-refractivity contribution in [2.24, 2.45) is 5.92 Å². The molecule has 0 saturated carbocycles. The largest absolute Gasteiger partial charge is 0.466 e. The fraction of sp³-hybridized carbons (Fsp3) is 0.769. The molecule has 1 aliphatic heterocycles. The number of piperidine rings is 1. The fourth-order valence-corrected chi connectivity index (χ4v) is 2.34. The second-order valence-electron chi connectivity index (χ2n) is 4.78. The quantitative estimate of drug-likeness (QED) is 0.751. The highest BCUT2D eigenvalue weighted by Crippen LogP contribution is 2.19. The van der Waals surface area contributed by atoms with Crippen molar-refractivity contribution < 1.29 is 14.1 Å². The summed E-state index contributed by atoms with van der Waals surface area (Å²) >= 11 is 0. The number of ether oxygens (including phenoxy) is 1. The first kappa shape index (κ1) is 14.0. The van der Waals surface area contributed by atoms with Gasteiger partial charge in [0, 0.05) is 13.0 Å². The number of carbonyl (C=O) groups is 1. The van der Waals surface area contributed by atoms with Gasteiger partial charge in [0.2, 0.25) is 5.89 Å². The van der Waals surface area contributed by atoms with Gasteiger partial charge in [0.25, 0.3) is 0 Å². The minimum absolute atomic E-state index is 0.0257.